The van der Waals surface area contributed by atoms with Gasteiger partial charge in [0, 0.05) is 18.8 Å². The van der Waals surface area contributed by atoms with Gasteiger partial charge in [0.15, 0.2) is 0 Å². The van der Waals surface area contributed by atoms with Crippen molar-refractivity contribution in [3.8, 4) is 0 Å². The smallest absolute Gasteiger partial charge is 0.478 e. The number of aryl methyl sites for hydroxylation is 2. The highest BCUT2D eigenvalue weighted by Gasteiger charge is 2.38. The van der Waals surface area contributed by atoms with E-state index in [1.54, 1.807) is 31.2 Å². The van der Waals surface area contributed by atoms with Gasteiger partial charge in [-0.3, -0.25) is 4.72 Å². The van der Waals surface area contributed by atoms with Crippen LogP contribution in [0.3, 0.4) is 0 Å². The summed E-state index contributed by atoms with van der Waals surface area (Å²) >= 11 is 0. The van der Waals surface area contributed by atoms with Crippen molar-refractivity contribution < 1.29 is 41.4 Å². The number of hydrogen-bond acceptors (Lipinski definition) is 5. The molecule has 216 valence electrons. The first-order chi connectivity index (χ1) is 18.7. The molecule has 0 radical (unpaired) electrons. The number of benzene rings is 3. The monoisotopic (exact) mass is 580 g/mol. The third-order valence-corrected chi connectivity index (χ3v) is 7.22. The van der Waals surface area contributed by atoms with Gasteiger partial charge in [0.1, 0.15) is 0 Å². The number of carboxylic acid groups (broad SMARTS) is 2. The molecule has 12 heteroatoms. The molecule has 0 saturated heterocycles. The predicted octanol–water partition coefficient (Wildman–Crippen LogP) is 6.24. The van der Waals surface area contributed by atoms with Crippen LogP contribution in [0.25, 0.3) is 0 Å². The number of hydrogen-bond donors (Lipinski definition) is 3. The average molecular weight is 581 g/mol. The van der Waals surface area contributed by atoms with Crippen molar-refractivity contribution in [1.82, 2.24) is 0 Å². The molecule has 0 unspecified atom stereocenters. The number of halogens is 3. The van der Waals surface area contributed by atoms with Crippen LogP contribution in [-0.4, -0.2) is 43.3 Å². The molecule has 0 fully saturated rings. The van der Waals surface area contributed by atoms with E-state index in [-0.39, 0.29) is 16.1 Å². The first-order valence-corrected chi connectivity index (χ1v) is 13.7. The Kier molecular flexibility index (Phi) is 11.1. The minimum atomic E-state index is -5.08. The van der Waals surface area contributed by atoms with Crippen molar-refractivity contribution in [1.29, 1.82) is 0 Å². The van der Waals surface area contributed by atoms with E-state index < -0.39 is 28.1 Å². The van der Waals surface area contributed by atoms with Crippen LogP contribution in [0.4, 0.5) is 24.5 Å². The third-order valence-electron chi connectivity index (χ3n) is 5.69. The number of anilines is 2. The Hall–Kier alpha value is -4.06. The molecule has 0 bridgehead atoms. The van der Waals surface area contributed by atoms with Gasteiger partial charge < -0.3 is 15.1 Å². The average Bonchev–Trinajstić information content (AvgIpc) is 2.88. The minimum absolute atomic E-state index is 0.0585. The van der Waals surface area contributed by atoms with Gasteiger partial charge in [-0.05, 0) is 61.2 Å². The van der Waals surface area contributed by atoms with E-state index >= 15 is 0 Å². The second-order valence-electron chi connectivity index (χ2n) is 8.98. The lowest BCUT2D eigenvalue weighted by molar-refractivity contribution is -0.192. The summed E-state index contributed by atoms with van der Waals surface area (Å²) in [6.45, 7) is 6.90. The Morgan fingerprint density at radius 1 is 0.950 bits per heavy atom. The SMILES string of the molecule is CCCCN(Cc1ccccc1)c1ccc(NS(=O)(=O)c2cc(C)ccc2C)cc1C(=O)O.O=C(O)C(F)(F)F. The number of aliphatic carboxylic acids is 1. The molecule has 8 nitrogen and oxygen atoms in total. The summed E-state index contributed by atoms with van der Waals surface area (Å²) < 4.78 is 60.3. The Labute approximate surface area is 231 Å². The van der Waals surface area contributed by atoms with Crippen LogP contribution in [-0.2, 0) is 21.4 Å². The van der Waals surface area contributed by atoms with Crippen molar-refractivity contribution in [2.45, 2.75) is 51.2 Å². The van der Waals surface area contributed by atoms with Gasteiger partial charge in [-0.15, -0.1) is 0 Å². The number of carbonyl (C=O) groups is 2. The molecule has 0 aliphatic rings. The van der Waals surface area contributed by atoms with Gasteiger partial charge >= 0.3 is 18.1 Å². The lowest BCUT2D eigenvalue weighted by atomic mass is 10.1. The van der Waals surface area contributed by atoms with E-state index in [2.05, 4.69) is 11.6 Å². The van der Waals surface area contributed by atoms with Crippen molar-refractivity contribution in [2.75, 3.05) is 16.2 Å². The first kappa shape index (κ1) is 32.2. The number of nitrogens with one attached hydrogen (secondary N) is 1. The summed E-state index contributed by atoms with van der Waals surface area (Å²) in [6.07, 6.45) is -3.20. The minimum Gasteiger partial charge on any atom is -0.478 e. The summed E-state index contributed by atoms with van der Waals surface area (Å²) in [5, 5.41) is 17.0. The fourth-order valence-electron chi connectivity index (χ4n) is 3.69. The molecule has 0 aliphatic heterocycles. The molecule has 0 heterocycles. The summed E-state index contributed by atoms with van der Waals surface area (Å²) in [5.74, 6) is -3.86. The number of aromatic carboxylic acids is 1. The van der Waals surface area contributed by atoms with Gasteiger partial charge in [0.05, 0.1) is 16.1 Å². The maximum Gasteiger partial charge on any atom is 0.490 e. The van der Waals surface area contributed by atoms with Crippen LogP contribution < -0.4 is 9.62 Å². The third kappa shape index (κ3) is 9.30. The molecule has 0 saturated carbocycles. The zero-order valence-electron chi connectivity index (χ0n) is 22.2. The molecule has 3 N–H and O–H groups in total. The molecule has 0 aliphatic carbocycles. The van der Waals surface area contributed by atoms with Crippen LogP contribution in [0.2, 0.25) is 0 Å². The molecule has 0 atom stereocenters. The summed E-state index contributed by atoms with van der Waals surface area (Å²) in [6, 6.07) is 19.8. The van der Waals surface area contributed by atoms with Crippen LogP contribution in [0.15, 0.2) is 71.6 Å². The van der Waals surface area contributed by atoms with Crippen molar-refractivity contribution >= 4 is 33.3 Å². The Morgan fingerprint density at radius 2 is 1.57 bits per heavy atom. The van der Waals surface area contributed by atoms with Gasteiger partial charge in [-0.25, -0.2) is 18.0 Å². The second kappa shape index (κ2) is 13.8. The van der Waals surface area contributed by atoms with E-state index in [0.717, 1.165) is 24.0 Å². The molecular weight excluding hydrogens is 549 g/mol. The second-order valence-corrected chi connectivity index (χ2v) is 10.6. The lowest BCUT2D eigenvalue weighted by Gasteiger charge is -2.27. The maximum absolute atomic E-state index is 13.0. The van der Waals surface area contributed by atoms with Crippen LogP contribution in [0.5, 0.6) is 0 Å². The quantitative estimate of drug-likeness (QED) is 0.259. The molecule has 3 aromatic carbocycles. The molecule has 0 spiro atoms. The zero-order valence-corrected chi connectivity index (χ0v) is 23.0. The highest BCUT2D eigenvalue weighted by molar-refractivity contribution is 7.92. The maximum atomic E-state index is 13.0. The Bertz CT molecular complexity index is 1430. The number of sulfonamides is 1. The van der Waals surface area contributed by atoms with Gasteiger partial charge in [-0.1, -0.05) is 55.8 Å². The van der Waals surface area contributed by atoms with Crippen LogP contribution >= 0.6 is 0 Å². The van der Waals surface area contributed by atoms with Gasteiger partial charge in [0.25, 0.3) is 10.0 Å². The molecular formula is C28H31F3N2O6S. The highest BCUT2D eigenvalue weighted by atomic mass is 32.2. The number of rotatable bonds is 10. The largest absolute Gasteiger partial charge is 0.490 e. The Morgan fingerprint density at radius 3 is 2.12 bits per heavy atom. The fourth-order valence-corrected chi connectivity index (χ4v) is 5.07. The number of unbranched alkanes of at least 4 members (excludes halogenated alkanes) is 1. The number of nitrogens with zero attached hydrogens (tertiary/aromatic N) is 1. The van der Waals surface area contributed by atoms with Gasteiger partial charge in [0.2, 0.25) is 0 Å². The van der Waals surface area contributed by atoms with E-state index in [1.807, 2.05) is 48.2 Å². The summed E-state index contributed by atoms with van der Waals surface area (Å²) in [5.41, 5.74) is 3.36. The lowest BCUT2D eigenvalue weighted by Crippen LogP contribution is -2.26. The van der Waals surface area contributed by atoms with Crippen molar-refractivity contribution in [2.24, 2.45) is 0 Å². The Balaban J connectivity index is 0.000000708. The van der Waals surface area contributed by atoms with Crippen LogP contribution in [0.1, 0.15) is 46.8 Å². The van der Waals surface area contributed by atoms with Crippen molar-refractivity contribution in [3.05, 3.63) is 89.0 Å². The zero-order chi connectivity index (χ0) is 30.1. The fraction of sp³-hybridized carbons (Fsp3) is 0.286. The molecule has 0 amide bonds. The van der Waals surface area contributed by atoms with Crippen LogP contribution in [0, 0.1) is 13.8 Å². The molecule has 3 rings (SSSR count). The topological polar surface area (TPSA) is 124 Å². The predicted molar refractivity (Wildman–Crippen MR) is 146 cm³/mol. The molecule has 0 aromatic heterocycles. The number of alkyl halides is 3. The molecule has 40 heavy (non-hydrogen) atoms. The summed E-state index contributed by atoms with van der Waals surface area (Å²) in [7, 11) is -3.86. The highest BCUT2D eigenvalue weighted by Crippen LogP contribution is 2.28. The van der Waals surface area contributed by atoms with E-state index in [9.17, 15) is 31.5 Å². The standard InChI is InChI=1S/C26H30N2O4S.C2HF3O2/c1-4-5-15-28(18-21-9-7-6-8-10-21)24-14-13-22(17-23(24)26(29)30)27-33(31,32)25-16-19(2)11-12-20(25)3;3-2(4,5)1(6)7/h6-14,16-17,27H,4-5,15,18H2,1-3H3,(H,29,30);(H,6,7). The van der Waals surface area contributed by atoms with Gasteiger partial charge in [-0.2, -0.15) is 13.2 Å². The van der Waals surface area contributed by atoms with E-state index in [1.165, 1.54) is 6.07 Å². The summed E-state index contributed by atoms with van der Waals surface area (Å²) in [4.78, 5) is 23.2. The van der Waals surface area contributed by atoms with E-state index in [4.69, 9.17) is 9.90 Å². The normalized spacial score (nSPS) is 11.2. The van der Waals surface area contributed by atoms with Crippen molar-refractivity contribution in [3.63, 3.8) is 0 Å². The first-order valence-electron chi connectivity index (χ1n) is 12.2. The van der Waals surface area contributed by atoms with E-state index in [0.29, 0.717) is 24.3 Å². The number of carboxylic acids is 2. The molecule has 3 aromatic rings.